The minimum atomic E-state index is 0.540. The van der Waals surface area contributed by atoms with Gasteiger partial charge in [-0.25, -0.2) is 0 Å². The first kappa shape index (κ1) is 14.2. The highest BCUT2D eigenvalue weighted by Gasteiger charge is 2.32. The second-order valence-corrected chi connectivity index (χ2v) is 6.03. The average molecular weight is 281 g/mol. The molecule has 1 aromatic carbocycles. The number of aryl methyl sites for hydroxylation is 1. The molecule has 3 nitrogen and oxygen atoms in total. The number of benzene rings is 1. The Morgan fingerprint density at radius 3 is 2.62 bits per heavy atom. The first-order chi connectivity index (χ1) is 10.3. The molecule has 1 saturated heterocycles. The molecule has 110 valence electrons. The summed E-state index contributed by atoms with van der Waals surface area (Å²) in [6.07, 6.45) is 1.94. The monoisotopic (exact) mass is 281 g/mol. The molecule has 3 heteroatoms. The van der Waals surface area contributed by atoms with Crippen molar-refractivity contribution in [1.29, 1.82) is 0 Å². The first-order valence-electron chi connectivity index (χ1n) is 7.65. The van der Waals surface area contributed by atoms with Crippen LogP contribution in [0.15, 0.2) is 48.7 Å². The van der Waals surface area contributed by atoms with Gasteiger partial charge in [0.15, 0.2) is 0 Å². The Morgan fingerprint density at radius 2 is 1.95 bits per heavy atom. The molecular formula is C18H23N3. The Bertz CT molecular complexity index is 565. The van der Waals surface area contributed by atoms with Crippen molar-refractivity contribution in [2.24, 2.45) is 11.7 Å². The van der Waals surface area contributed by atoms with Gasteiger partial charge in [0.05, 0.1) is 5.69 Å². The van der Waals surface area contributed by atoms with Crippen LogP contribution in [0.25, 0.3) is 0 Å². The number of hydrogen-bond donors (Lipinski definition) is 1. The van der Waals surface area contributed by atoms with E-state index in [4.69, 9.17) is 5.73 Å². The van der Waals surface area contributed by atoms with Crippen LogP contribution in [0.5, 0.6) is 0 Å². The van der Waals surface area contributed by atoms with Crippen molar-refractivity contribution < 1.29 is 0 Å². The minimum Gasteiger partial charge on any atom is -0.330 e. The maximum Gasteiger partial charge on any atom is 0.0544 e. The third-order valence-corrected chi connectivity index (χ3v) is 4.41. The van der Waals surface area contributed by atoms with Gasteiger partial charge in [0.1, 0.15) is 0 Å². The van der Waals surface area contributed by atoms with E-state index in [0.29, 0.717) is 11.8 Å². The lowest BCUT2D eigenvalue weighted by Crippen LogP contribution is -2.23. The van der Waals surface area contributed by atoms with Gasteiger partial charge >= 0.3 is 0 Å². The Kier molecular flexibility index (Phi) is 4.32. The molecular weight excluding hydrogens is 258 g/mol. The van der Waals surface area contributed by atoms with Crippen molar-refractivity contribution in [2.45, 2.75) is 19.4 Å². The minimum absolute atomic E-state index is 0.540. The highest BCUT2D eigenvalue weighted by atomic mass is 15.2. The van der Waals surface area contributed by atoms with E-state index >= 15 is 0 Å². The molecule has 0 saturated carbocycles. The normalized spacial score (nSPS) is 22.6. The molecule has 0 spiro atoms. The molecule has 2 atom stereocenters. The average Bonchev–Trinajstić information content (AvgIpc) is 2.93. The van der Waals surface area contributed by atoms with Gasteiger partial charge in [0, 0.05) is 31.7 Å². The third-order valence-electron chi connectivity index (χ3n) is 4.41. The van der Waals surface area contributed by atoms with Crippen molar-refractivity contribution in [3.63, 3.8) is 0 Å². The van der Waals surface area contributed by atoms with Crippen molar-refractivity contribution in [1.82, 2.24) is 9.88 Å². The van der Waals surface area contributed by atoms with E-state index in [0.717, 1.165) is 31.9 Å². The summed E-state index contributed by atoms with van der Waals surface area (Å²) in [6.45, 7) is 5.87. The van der Waals surface area contributed by atoms with Gasteiger partial charge in [-0.3, -0.25) is 9.88 Å². The van der Waals surface area contributed by atoms with Crippen LogP contribution in [-0.4, -0.2) is 29.5 Å². The van der Waals surface area contributed by atoms with E-state index in [1.807, 2.05) is 6.20 Å². The largest absolute Gasteiger partial charge is 0.330 e. The standard InChI is InChI=1S/C18H23N3/c1-14-7-8-17(20-10-14)12-21-11-16(9-19)18(13-21)15-5-3-2-4-6-15/h2-8,10,16,18H,9,11-13,19H2,1H3/t16-,18+/m1/s1. The fraction of sp³-hybridized carbons (Fsp3) is 0.389. The predicted octanol–water partition coefficient (Wildman–Crippen LogP) is 2.56. The quantitative estimate of drug-likeness (QED) is 0.936. The topological polar surface area (TPSA) is 42.1 Å². The molecule has 1 aliphatic rings. The lowest BCUT2D eigenvalue weighted by Gasteiger charge is -2.16. The summed E-state index contributed by atoms with van der Waals surface area (Å²) in [5, 5.41) is 0. The van der Waals surface area contributed by atoms with Gasteiger partial charge in [-0.05, 0) is 36.6 Å². The van der Waals surface area contributed by atoms with Crippen LogP contribution >= 0.6 is 0 Å². The maximum absolute atomic E-state index is 5.99. The molecule has 2 N–H and O–H groups in total. The zero-order valence-electron chi connectivity index (χ0n) is 12.6. The molecule has 2 aromatic rings. The molecule has 0 bridgehead atoms. The van der Waals surface area contributed by atoms with E-state index < -0.39 is 0 Å². The fourth-order valence-electron chi connectivity index (χ4n) is 3.23. The highest BCUT2D eigenvalue weighted by Crippen LogP contribution is 2.32. The number of pyridine rings is 1. The van der Waals surface area contributed by atoms with E-state index in [1.54, 1.807) is 0 Å². The smallest absolute Gasteiger partial charge is 0.0544 e. The first-order valence-corrected chi connectivity index (χ1v) is 7.65. The number of nitrogens with two attached hydrogens (primary N) is 1. The van der Waals surface area contributed by atoms with Crippen molar-refractivity contribution in [3.8, 4) is 0 Å². The Balaban J connectivity index is 1.70. The molecule has 0 radical (unpaired) electrons. The number of aromatic nitrogens is 1. The van der Waals surface area contributed by atoms with E-state index in [-0.39, 0.29) is 0 Å². The van der Waals surface area contributed by atoms with Crippen LogP contribution in [0.4, 0.5) is 0 Å². The van der Waals surface area contributed by atoms with Crippen LogP contribution in [0.3, 0.4) is 0 Å². The molecule has 1 aliphatic heterocycles. The second-order valence-electron chi connectivity index (χ2n) is 6.03. The van der Waals surface area contributed by atoms with E-state index in [1.165, 1.54) is 11.1 Å². The van der Waals surface area contributed by atoms with Crippen molar-refractivity contribution >= 4 is 0 Å². The van der Waals surface area contributed by atoms with Gasteiger partial charge in [-0.1, -0.05) is 36.4 Å². The molecule has 1 fully saturated rings. The number of hydrogen-bond acceptors (Lipinski definition) is 3. The molecule has 0 aliphatic carbocycles. The summed E-state index contributed by atoms with van der Waals surface area (Å²) in [5.74, 6) is 1.08. The predicted molar refractivity (Wildman–Crippen MR) is 86.0 cm³/mol. The van der Waals surface area contributed by atoms with Crippen LogP contribution < -0.4 is 5.73 Å². The third kappa shape index (κ3) is 3.31. The molecule has 0 unspecified atom stereocenters. The molecule has 0 amide bonds. The summed E-state index contributed by atoms with van der Waals surface area (Å²) in [4.78, 5) is 7.00. The van der Waals surface area contributed by atoms with E-state index in [2.05, 4.69) is 59.3 Å². The Labute approximate surface area is 126 Å². The van der Waals surface area contributed by atoms with Crippen LogP contribution in [0, 0.1) is 12.8 Å². The highest BCUT2D eigenvalue weighted by molar-refractivity contribution is 5.23. The fourth-order valence-corrected chi connectivity index (χ4v) is 3.23. The zero-order chi connectivity index (χ0) is 14.7. The van der Waals surface area contributed by atoms with Gasteiger partial charge in [0.25, 0.3) is 0 Å². The van der Waals surface area contributed by atoms with Gasteiger partial charge in [-0.2, -0.15) is 0 Å². The summed E-state index contributed by atoms with van der Waals surface area (Å²) < 4.78 is 0. The lowest BCUT2D eigenvalue weighted by atomic mass is 9.89. The molecule has 21 heavy (non-hydrogen) atoms. The van der Waals surface area contributed by atoms with Crippen LogP contribution in [0.2, 0.25) is 0 Å². The van der Waals surface area contributed by atoms with E-state index in [9.17, 15) is 0 Å². The molecule has 1 aromatic heterocycles. The number of rotatable bonds is 4. The van der Waals surface area contributed by atoms with Crippen molar-refractivity contribution in [3.05, 3.63) is 65.5 Å². The van der Waals surface area contributed by atoms with Crippen LogP contribution in [-0.2, 0) is 6.54 Å². The number of nitrogens with zero attached hydrogens (tertiary/aromatic N) is 2. The second kappa shape index (κ2) is 6.37. The zero-order valence-corrected chi connectivity index (χ0v) is 12.6. The summed E-state index contributed by atoms with van der Waals surface area (Å²) in [7, 11) is 0. The van der Waals surface area contributed by atoms with Gasteiger partial charge in [0.2, 0.25) is 0 Å². The van der Waals surface area contributed by atoms with Crippen molar-refractivity contribution in [2.75, 3.05) is 19.6 Å². The number of likely N-dealkylation sites (tertiary alicyclic amines) is 1. The van der Waals surface area contributed by atoms with Gasteiger partial charge < -0.3 is 5.73 Å². The molecule has 3 rings (SSSR count). The summed E-state index contributed by atoms with van der Waals surface area (Å²) in [6, 6.07) is 15.0. The SMILES string of the molecule is Cc1ccc(CN2C[C@@H](CN)[C@H](c3ccccc3)C2)nc1. The Hall–Kier alpha value is -1.71. The van der Waals surface area contributed by atoms with Gasteiger partial charge in [-0.15, -0.1) is 0 Å². The summed E-state index contributed by atoms with van der Waals surface area (Å²) >= 11 is 0. The lowest BCUT2D eigenvalue weighted by molar-refractivity contribution is 0.313. The maximum atomic E-state index is 5.99. The summed E-state index contributed by atoms with van der Waals surface area (Å²) in [5.41, 5.74) is 9.76. The molecule has 2 heterocycles. The Morgan fingerprint density at radius 1 is 1.14 bits per heavy atom. The van der Waals surface area contributed by atoms with Crippen LogP contribution in [0.1, 0.15) is 22.7 Å².